The molecule has 1 amide bonds. The molecule has 3 aromatic rings. The van der Waals surface area contributed by atoms with Crippen LogP contribution in [0.2, 0.25) is 0 Å². The van der Waals surface area contributed by atoms with Crippen molar-refractivity contribution in [1.82, 2.24) is 4.31 Å². The molecule has 13 heteroatoms. The topological polar surface area (TPSA) is 104 Å². The standard InChI is InChI=1S/C24H23F4N3O4S2/c1-15-14-30(19-8-7-17(25)13-18(19)24(26,27)28)11-12-31(15)37(34,35)21-10-9-20(36-21)23(33,22(29)32)16-5-3-2-4-6-16/h2-10,13,15,33H,11-12,14H2,1H3,(H2,29,32). The van der Waals surface area contributed by atoms with Crippen molar-refractivity contribution in [3.05, 3.63) is 82.5 Å². The molecule has 37 heavy (non-hydrogen) atoms. The molecule has 0 bridgehead atoms. The van der Waals surface area contributed by atoms with Crippen LogP contribution in [0.5, 0.6) is 0 Å². The van der Waals surface area contributed by atoms with Gasteiger partial charge in [-0.15, -0.1) is 11.3 Å². The number of piperazine rings is 1. The number of sulfonamides is 1. The lowest BCUT2D eigenvalue weighted by Gasteiger charge is -2.40. The number of benzene rings is 2. The number of anilines is 1. The van der Waals surface area contributed by atoms with Gasteiger partial charge in [-0.1, -0.05) is 30.3 Å². The highest BCUT2D eigenvalue weighted by molar-refractivity contribution is 7.91. The number of hydrogen-bond donors (Lipinski definition) is 2. The van der Waals surface area contributed by atoms with Crippen LogP contribution >= 0.6 is 11.3 Å². The fraction of sp³-hybridized carbons (Fsp3) is 0.292. The highest BCUT2D eigenvalue weighted by Crippen LogP contribution is 2.40. The Balaban J connectivity index is 1.61. The van der Waals surface area contributed by atoms with Crippen LogP contribution < -0.4 is 10.6 Å². The van der Waals surface area contributed by atoms with E-state index in [-0.39, 0.29) is 40.0 Å². The van der Waals surface area contributed by atoms with Crippen molar-refractivity contribution in [2.24, 2.45) is 5.73 Å². The Hall–Kier alpha value is -3.00. The first-order valence-electron chi connectivity index (χ1n) is 11.1. The predicted molar refractivity (Wildman–Crippen MR) is 130 cm³/mol. The van der Waals surface area contributed by atoms with Crippen LogP contribution in [-0.2, 0) is 26.6 Å². The van der Waals surface area contributed by atoms with Crippen LogP contribution in [0.15, 0.2) is 64.9 Å². The van der Waals surface area contributed by atoms with Gasteiger partial charge >= 0.3 is 6.18 Å². The van der Waals surface area contributed by atoms with Crippen LogP contribution in [0.3, 0.4) is 0 Å². The summed E-state index contributed by atoms with van der Waals surface area (Å²) in [5, 5.41) is 11.1. The molecule has 2 unspecified atom stereocenters. The number of primary amides is 1. The Morgan fingerprint density at radius 2 is 1.76 bits per heavy atom. The summed E-state index contributed by atoms with van der Waals surface area (Å²) in [6.07, 6.45) is -4.78. The minimum Gasteiger partial charge on any atom is -0.371 e. The number of carbonyl (C=O) groups is 1. The summed E-state index contributed by atoms with van der Waals surface area (Å²) in [6.45, 7) is 1.29. The van der Waals surface area contributed by atoms with Crippen molar-refractivity contribution < 1.29 is 35.9 Å². The quantitative estimate of drug-likeness (QED) is 0.452. The lowest BCUT2D eigenvalue weighted by atomic mass is 9.91. The molecular formula is C24H23F4N3O4S2. The Labute approximate surface area is 214 Å². The van der Waals surface area contributed by atoms with Gasteiger partial charge in [0.1, 0.15) is 10.0 Å². The smallest absolute Gasteiger partial charge is 0.371 e. The van der Waals surface area contributed by atoms with Crippen molar-refractivity contribution in [2.75, 3.05) is 24.5 Å². The second-order valence-electron chi connectivity index (χ2n) is 8.63. The second-order valence-corrected chi connectivity index (χ2v) is 11.8. The van der Waals surface area contributed by atoms with Crippen molar-refractivity contribution in [3.8, 4) is 0 Å². The SMILES string of the molecule is CC1CN(c2ccc(F)cc2C(F)(F)F)CCN1S(=O)(=O)c1ccc(C(O)(C(N)=O)c2ccccc2)s1. The van der Waals surface area contributed by atoms with Gasteiger partial charge in [-0.2, -0.15) is 17.5 Å². The maximum atomic E-state index is 13.5. The summed E-state index contributed by atoms with van der Waals surface area (Å²) in [5.74, 6) is -2.10. The van der Waals surface area contributed by atoms with Gasteiger partial charge in [0, 0.05) is 31.4 Å². The molecular weight excluding hydrogens is 534 g/mol. The molecule has 2 atom stereocenters. The van der Waals surface area contributed by atoms with E-state index in [1.54, 1.807) is 25.1 Å². The average Bonchev–Trinajstić information content (AvgIpc) is 3.35. The summed E-state index contributed by atoms with van der Waals surface area (Å²) in [5.41, 5.74) is 2.05. The molecule has 0 spiro atoms. The number of nitrogens with zero attached hydrogens (tertiary/aromatic N) is 2. The van der Waals surface area contributed by atoms with E-state index in [9.17, 15) is 35.9 Å². The van der Waals surface area contributed by atoms with Crippen molar-refractivity contribution in [3.63, 3.8) is 0 Å². The number of carbonyl (C=O) groups excluding carboxylic acids is 1. The first-order valence-corrected chi connectivity index (χ1v) is 13.3. The zero-order chi connectivity index (χ0) is 27.2. The molecule has 2 aromatic carbocycles. The van der Waals surface area contributed by atoms with Gasteiger partial charge in [-0.25, -0.2) is 12.8 Å². The number of nitrogens with two attached hydrogens (primary N) is 1. The van der Waals surface area contributed by atoms with Gasteiger partial charge in [0.2, 0.25) is 5.60 Å². The summed E-state index contributed by atoms with van der Waals surface area (Å²) in [7, 11) is -4.13. The van der Waals surface area contributed by atoms with E-state index in [0.717, 1.165) is 16.4 Å². The molecule has 0 aliphatic carbocycles. The monoisotopic (exact) mass is 557 g/mol. The maximum Gasteiger partial charge on any atom is 0.418 e. The van der Waals surface area contributed by atoms with E-state index in [0.29, 0.717) is 17.4 Å². The Kier molecular flexibility index (Phi) is 7.10. The van der Waals surface area contributed by atoms with Crippen LogP contribution in [-0.4, -0.2) is 49.4 Å². The number of alkyl halides is 3. The van der Waals surface area contributed by atoms with Gasteiger partial charge in [-0.05, 0) is 42.8 Å². The van der Waals surface area contributed by atoms with E-state index < -0.39 is 45.1 Å². The summed E-state index contributed by atoms with van der Waals surface area (Å²) >= 11 is 0.686. The van der Waals surface area contributed by atoms with Gasteiger partial charge in [-0.3, -0.25) is 4.79 Å². The molecule has 2 heterocycles. The number of hydrogen-bond acceptors (Lipinski definition) is 6. The van der Waals surface area contributed by atoms with Gasteiger partial charge in [0.25, 0.3) is 15.9 Å². The van der Waals surface area contributed by atoms with Crippen LogP contribution in [0.25, 0.3) is 0 Å². The van der Waals surface area contributed by atoms with E-state index in [1.807, 2.05) is 0 Å². The lowest BCUT2D eigenvalue weighted by Crippen LogP contribution is -2.54. The lowest BCUT2D eigenvalue weighted by molar-refractivity contribution is -0.137. The third-order valence-electron chi connectivity index (χ3n) is 6.22. The number of rotatable bonds is 6. The fourth-order valence-electron chi connectivity index (χ4n) is 4.38. The van der Waals surface area contributed by atoms with Gasteiger partial charge in [0.05, 0.1) is 10.4 Å². The maximum absolute atomic E-state index is 13.5. The first kappa shape index (κ1) is 27.0. The number of aliphatic hydroxyl groups is 1. The number of amides is 1. The van der Waals surface area contributed by atoms with Gasteiger partial charge < -0.3 is 15.7 Å². The van der Waals surface area contributed by atoms with Crippen molar-refractivity contribution in [2.45, 2.75) is 29.0 Å². The molecule has 1 fully saturated rings. The zero-order valence-corrected chi connectivity index (χ0v) is 21.1. The summed E-state index contributed by atoms with van der Waals surface area (Å²) in [6, 6.07) is 12.1. The van der Waals surface area contributed by atoms with Crippen molar-refractivity contribution in [1.29, 1.82) is 0 Å². The Morgan fingerprint density at radius 3 is 2.35 bits per heavy atom. The molecule has 1 aliphatic rings. The molecule has 1 saturated heterocycles. The van der Waals surface area contributed by atoms with E-state index >= 15 is 0 Å². The second kappa shape index (κ2) is 9.71. The molecule has 3 N–H and O–H groups in total. The molecule has 198 valence electrons. The van der Waals surface area contributed by atoms with E-state index in [1.165, 1.54) is 29.2 Å². The predicted octanol–water partition coefficient (Wildman–Crippen LogP) is 3.53. The third kappa shape index (κ3) is 4.96. The minimum atomic E-state index is -4.78. The molecule has 1 aliphatic heterocycles. The average molecular weight is 558 g/mol. The zero-order valence-electron chi connectivity index (χ0n) is 19.4. The number of thiophene rings is 1. The molecule has 1 aromatic heterocycles. The molecule has 0 radical (unpaired) electrons. The van der Waals surface area contributed by atoms with Crippen molar-refractivity contribution >= 4 is 33.0 Å². The van der Waals surface area contributed by atoms with Crippen LogP contribution in [0.4, 0.5) is 23.2 Å². The molecule has 4 rings (SSSR count). The summed E-state index contributed by atoms with van der Waals surface area (Å²) in [4.78, 5) is 13.6. The van der Waals surface area contributed by atoms with Crippen LogP contribution in [0.1, 0.15) is 22.9 Å². The number of halogens is 4. The Bertz CT molecular complexity index is 1410. The van der Waals surface area contributed by atoms with E-state index in [2.05, 4.69) is 0 Å². The summed E-state index contributed by atoms with van der Waals surface area (Å²) < 4.78 is 81.9. The van der Waals surface area contributed by atoms with E-state index in [4.69, 9.17) is 5.73 Å². The first-order chi connectivity index (χ1) is 17.3. The molecule has 0 saturated carbocycles. The highest BCUT2D eigenvalue weighted by atomic mass is 32.2. The van der Waals surface area contributed by atoms with Crippen LogP contribution in [0, 0.1) is 5.82 Å². The normalized spacial score (nSPS) is 19.0. The van der Waals surface area contributed by atoms with Gasteiger partial charge in [0.15, 0.2) is 0 Å². The fourth-order valence-corrected chi connectivity index (χ4v) is 7.55. The Morgan fingerprint density at radius 1 is 1.08 bits per heavy atom. The minimum absolute atomic E-state index is 0.0113. The largest absolute Gasteiger partial charge is 0.418 e. The highest BCUT2D eigenvalue weighted by Gasteiger charge is 2.42. The molecule has 7 nitrogen and oxygen atoms in total. The third-order valence-corrected chi connectivity index (χ3v) is 9.90.